The van der Waals surface area contributed by atoms with E-state index in [0.717, 1.165) is 0 Å². The molecule has 0 heterocycles. The molecule has 2 N–H and O–H groups in total. The molecule has 44 valence electrons. The van der Waals surface area contributed by atoms with Crippen molar-refractivity contribution >= 4 is 18.1 Å². The first-order valence-electron chi connectivity index (χ1n) is 1.55. The molecule has 0 spiro atoms. The van der Waals surface area contributed by atoms with Gasteiger partial charge in [-0.05, 0) is 6.92 Å². The molecule has 0 aromatic heterocycles. The molecule has 1 unspecified atom stereocenters. The van der Waals surface area contributed by atoms with Crippen molar-refractivity contribution in [2.24, 2.45) is 0 Å². The van der Waals surface area contributed by atoms with E-state index in [1.165, 1.54) is 6.92 Å². The van der Waals surface area contributed by atoms with Gasteiger partial charge in [0.1, 0.15) is 5.56 Å². The fourth-order valence-corrected chi connectivity index (χ4v) is 0. The van der Waals surface area contributed by atoms with Crippen molar-refractivity contribution in [1.29, 1.82) is 0 Å². The average Bonchev–Trinajstić information content (AvgIpc) is 1.33. The minimum absolute atomic E-state index is 0.250. The SMILES string of the molecule is CC(O)Cl.O=CO. The maximum absolute atomic E-state index is 8.36. The average molecular weight is 127 g/mol. The van der Waals surface area contributed by atoms with E-state index >= 15 is 0 Å². The lowest BCUT2D eigenvalue weighted by molar-refractivity contribution is -0.122. The van der Waals surface area contributed by atoms with Gasteiger partial charge in [0.25, 0.3) is 6.47 Å². The molecular weight excluding hydrogens is 119 g/mol. The van der Waals surface area contributed by atoms with Crippen molar-refractivity contribution in [2.45, 2.75) is 12.5 Å². The lowest BCUT2D eigenvalue weighted by Crippen LogP contribution is -1.79. The third kappa shape index (κ3) is 1010. The molecule has 3 nitrogen and oxygen atoms in total. The van der Waals surface area contributed by atoms with E-state index < -0.39 is 5.56 Å². The first kappa shape index (κ1) is 9.87. The summed E-state index contributed by atoms with van der Waals surface area (Å²) >= 11 is 4.83. The molecule has 1 atom stereocenters. The Morgan fingerprint density at radius 3 is 1.86 bits per heavy atom. The summed E-state index contributed by atoms with van der Waals surface area (Å²) in [5.74, 6) is 0. The van der Waals surface area contributed by atoms with E-state index in [4.69, 9.17) is 26.6 Å². The van der Waals surface area contributed by atoms with Gasteiger partial charge in [-0.1, -0.05) is 11.6 Å². The van der Waals surface area contributed by atoms with Crippen LogP contribution in [0.15, 0.2) is 0 Å². The molecule has 0 saturated carbocycles. The van der Waals surface area contributed by atoms with Gasteiger partial charge in [-0.2, -0.15) is 0 Å². The molecule has 0 bridgehead atoms. The second-order valence-corrected chi connectivity index (χ2v) is 1.31. The highest BCUT2D eigenvalue weighted by atomic mass is 35.5. The van der Waals surface area contributed by atoms with Gasteiger partial charge in [-0.25, -0.2) is 0 Å². The summed E-state index contributed by atoms with van der Waals surface area (Å²) in [5, 5.41) is 14.7. The number of alkyl halides is 1. The summed E-state index contributed by atoms with van der Waals surface area (Å²) in [5.41, 5.74) is -0.694. The number of rotatable bonds is 0. The van der Waals surface area contributed by atoms with Crippen LogP contribution in [0, 0.1) is 0 Å². The van der Waals surface area contributed by atoms with Gasteiger partial charge < -0.3 is 10.2 Å². The second kappa shape index (κ2) is 9.21. The van der Waals surface area contributed by atoms with Gasteiger partial charge in [0, 0.05) is 0 Å². The number of hydrogen-bond donors (Lipinski definition) is 2. The van der Waals surface area contributed by atoms with Gasteiger partial charge >= 0.3 is 0 Å². The van der Waals surface area contributed by atoms with Crippen molar-refractivity contribution < 1.29 is 15.0 Å². The quantitative estimate of drug-likeness (QED) is 0.362. The highest BCUT2D eigenvalue weighted by Crippen LogP contribution is 1.79. The second-order valence-electron chi connectivity index (χ2n) is 0.679. The number of hydrogen-bond acceptors (Lipinski definition) is 2. The molecule has 0 aliphatic rings. The monoisotopic (exact) mass is 126 g/mol. The fourth-order valence-electron chi connectivity index (χ4n) is 0. The van der Waals surface area contributed by atoms with Crippen LogP contribution in [0.3, 0.4) is 0 Å². The zero-order chi connectivity index (χ0) is 6.28. The van der Waals surface area contributed by atoms with Crippen LogP contribution in [-0.2, 0) is 4.79 Å². The Bertz CT molecular complexity index is 34.4. The summed E-state index contributed by atoms with van der Waals surface area (Å²) in [6, 6.07) is 0. The fraction of sp³-hybridized carbons (Fsp3) is 0.667. The summed E-state index contributed by atoms with van der Waals surface area (Å²) in [6.45, 7) is 1.24. The van der Waals surface area contributed by atoms with Crippen LogP contribution >= 0.6 is 11.6 Å². The third-order valence-corrected chi connectivity index (χ3v) is 0. The predicted octanol–water partition coefficient (Wildman–Crippen LogP) is 0.264. The number of carboxylic acid groups (broad SMARTS) is 1. The Morgan fingerprint density at radius 2 is 1.86 bits per heavy atom. The smallest absolute Gasteiger partial charge is 0.290 e. The minimum atomic E-state index is -0.694. The normalized spacial score (nSPS) is 10.7. The van der Waals surface area contributed by atoms with Crippen molar-refractivity contribution in [3.63, 3.8) is 0 Å². The van der Waals surface area contributed by atoms with E-state index in [1.807, 2.05) is 0 Å². The first-order chi connectivity index (χ1) is 3.15. The van der Waals surface area contributed by atoms with Crippen molar-refractivity contribution in [3.8, 4) is 0 Å². The van der Waals surface area contributed by atoms with E-state index in [-0.39, 0.29) is 6.47 Å². The van der Waals surface area contributed by atoms with Gasteiger partial charge in [-0.3, -0.25) is 4.79 Å². The highest BCUT2D eigenvalue weighted by Gasteiger charge is 1.72. The van der Waals surface area contributed by atoms with E-state index in [2.05, 4.69) is 0 Å². The van der Waals surface area contributed by atoms with Crippen LogP contribution in [0.25, 0.3) is 0 Å². The Labute approximate surface area is 46.5 Å². The van der Waals surface area contributed by atoms with Crippen molar-refractivity contribution in [1.82, 2.24) is 0 Å². The van der Waals surface area contributed by atoms with Crippen LogP contribution in [0.1, 0.15) is 6.92 Å². The number of carbonyl (C=O) groups is 1. The summed E-state index contributed by atoms with van der Waals surface area (Å²) in [7, 11) is 0. The first-order valence-corrected chi connectivity index (χ1v) is 1.98. The van der Waals surface area contributed by atoms with Gasteiger partial charge in [0.2, 0.25) is 0 Å². The van der Waals surface area contributed by atoms with E-state index in [1.54, 1.807) is 0 Å². The Kier molecular flexibility index (Phi) is 13.0. The standard InChI is InChI=1S/C2H5ClO.CH2O2/c1-2(3)4;2-1-3/h2,4H,1H3;1H,(H,2,3). The maximum atomic E-state index is 8.36. The van der Waals surface area contributed by atoms with Gasteiger partial charge in [0.05, 0.1) is 0 Å². The van der Waals surface area contributed by atoms with E-state index in [9.17, 15) is 0 Å². The lowest BCUT2D eigenvalue weighted by atomic mass is 10.9. The maximum Gasteiger partial charge on any atom is 0.290 e. The molecule has 0 rings (SSSR count). The Morgan fingerprint density at radius 1 is 1.86 bits per heavy atom. The molecular formula is C3H7ClO3. The minimum Gasteiger partial charge on any atom is -0.483 e. The molecule has 7 heavy (non-hydrogen) atoms. The Hall–Kier alpha value is -0.280. The summed E-state index contributed by atoms with van der Waals surface area (Å²) < 4.78 is 0. The van der Waals surface area contributed by atoms with Crippen LogP contribution < -0.4 is 0 Å². The van der Waals surface area contributed by atoms with Gasteiger partial charge in [-0.15, -0.1) is 0 Å². The van der Waals surface area contributed by atoms with Crippen LogP contribution in [0.4, 0.5) is 0 Å². The zero-order valence-electron chi connectivity index (χ0n) is 3.84. The molecule has 0 aliphatic carbocycles. The Balaban J connectivity index is 0. The predicted molar refractivity (Wildman–Crippen MR) is 26.2 cm³/mol. The lowest BCUT2D eigenvalue weighted by Gasteiger charge is -1.77. The molecule has 0 aliphatic heterocycles. The van der Waals surface area contributed by atoms with Crippen LogP contribution in [-0.4, -0.2) is 22.2 Å². The molecule has 4 heteroatoms. The summed E-state index contributed by atoms with van der Waals surface area (Å²) in [6.07, 6.45) is 0. The topological polar surface area (TPSA) is 57.5 Å². The number of aliphatic hydroxyl groups is 1. The molecule has 0 aromatic carbocycles. The summed E-state index contributed by atoms with van der Waals surface area (Å²) in [4.78, 5) is 8.36. The van der Waals surface area contributed by atoms with Crippen molar-refractivity contribution in [3.05, 3.63) is 0 Å². The van der Waals surface area contributed by atoms with Crippen molar-refractivity contribution in [2.75, 3.05) is 0 Å². The highest BCUT2D eigenvalue weighted by molar-refractivity contribution is 6.19. The largest absolute Gasteiger partial charge is 0.483 e. The number of aliphatic hydroxyl groups excluding tert-OH is 1. The molecule has 0 fully saturated rings. The van der Waals surface area contributed by atoms with Crippen LogP contribution in [0.5, 0.6) is 0 Å². The molecule has 0 radical (unpaired) electrons. The number of halogens is 1. The van der Waals surface area contributed by atoms with Crippen LogP contribution in [0.2, 0.25) is 0 Å². The molecule has 0 amide bonds. The molecule has 0 saturated heterocycles. The van der Waals surface area contributed by atoms with Gasteiger partial charge in [0.15, 0.2) is 0 Å². The zero-order valence-corrected chi connectivity index (χ0v) is 4.59. The third-order valence-electron chi connectivity index (χ3n) is 0. The molecule has 0 aromatic rings. The van der Waals surface area contributed by atoms with E-state index in [0.29, 0.717) is 0 Å².